The van der Waals surface area contributed by atoms with Crippen molar-refractivity contribution in [1.82, 2.24) is 14.8 Å². The molecule has 0 radical (unpaired) electrons. The Kier molecular flexibility index (Phi) is 4.44. The first-order valence-corrected chi connectivity index (χ1v) is 8.94. The van der Waals surface area contributed by atoms with Crippen LogP contribution in [0.5, 0.6) is 5.88 Å². The molecule has 1 saturated carbocycles. The van der Waals surface area contributed by atoms with E-state index in [0.29, 0.717) is 30.6 Å². The summed E-state index contributed by atoms with van der Waals surface area (Å²) >= 11 is 0. The minimum Gasteiger partial charge on any atom is -0.472 e. The molecule has 0 unspecified atom stereocenters. The quantitative estimate of drug-likeness (QED) is 0.731. The lowest BCUT2D eigenvalue weighted by Gasteiger charge is -2.32. The van der Waals surface area contributed by atoms with Crippen LogP contribution in [-0.4, -0.2) is 14.8 Å². The van der Waals surface area contributed by atoms with E-state index in [1.807, 2.05) is 41.1 Å². The third-order valence-electron chi connectivity index (χ3n) is 5.14. The molecule has 3 aromatic rings. The van der Waals surface area contributed by atoms with Gasteiger partial charge in [0.1, 0.15) is 12.0 Å². The molecule has 132 valence electrons. The monoisotopic (exact) mass is 347 g/mol. The number of fused-ring (bicyclic) bond motifs is 1. The topological polar surface area (TPSA) is 89.8 Å². The highest BCUT2D eigenvalue weighted by atomic mass is 16.5. The van der Waals surface area contributed by atoms with E-state index < -0.39 is 0 Å². The number of nitrogens with zero attached hydrogens (tertiary/aromatic N) is 4. The minimum atomic E-state index is 0.0536. The summed E-state index contributed by atoms with van der Waals surface area (Å²) in [4.78, 5) is 4.36. The van der Waals surface area contributed by atoms with Gasteiger partial charge in [-0.2, -0.15) is 10.4 Å². The Balaban J connectivity index is 1.68. The lowest BCUT2D eigenvalue weighted by Crippen LogP contribution is -2.25. The zero-order chi connectivity index (χ0) is 17.9. The average Bonchev–Trinajstić information content (AvgIpc) is 2.96. The molecule has 1 aromatic carbocycles. The van der Waals surface area contributed by atoms with Crippen LogP contribution in [0.4, 0.5) is 5.82 Å². The number of ether oxygens (including phenoxy) is 1. The number of nitrogens with two attached hydrogens (primary N) is 1. The average molecular weight is 347 g/mol. The van der Waals surface area contributed by atoms with Crippen molar-refractivity contribution in [3.05, 3.63) is 48.2 Å². The lowest BCUT2D eigenvalue weighted by molar-refractivity contribution is 0.203. The van der Waals surface area contributed by atoms with Gasteiger partial charge in [0.05, 0.1) is 24.0 Å². The molecular formula is C20H21N5O. The van der Waals surface area contributed by atoms with Crippen molar-refractivity contribution in [3.8, 4) is 11.9 Å². The number of hydrogen-bond donors (Lipinski definition) is 1. The number of pyridine rings is 1. The second kappa shape index (κ2) is 7.04. The van der Waals surface area contributed by atoms with Gasteiger partial charge < -0.3 is 10.5 Å². The summed E-state index contributed by atoms with van der Waals surface area (Å²) in [6.07, 6.45) is 5.63. The number of nitriles is 1. The van der Waals surface area contributed by atoms with Crippen molar-refractivity contribution in [2.24, 2.45) is 5.92 Å². The predicted molar refractivity (Wildman–Crippen MR) is 99.3 cm³/mol. The molecule has 1 aliphatic rings. The van der Waals surface area contributed by atoms with Crippen molar-refractivity contribution in [2.75, 3.05) is 5.73 Å². The standard InChI is InChI=1S/C20H21N5O/c21-11-9-16(15-7-4-8-15)25-17-10-12-23-20(18(17)19(22)24-25)26-13-14-5-2-1-3-6-14/h1-3,5-6,10,12,15-16H,4,7-9,13H2,(H2,22,24)/t16-/m0/s1. The number of hydrogen-bond acceptors (Lipinski definition) is 5. The molecule has 1 atom stereocenters. The van der Waals surface area contributed by atoms with Crippen molar-refractivity contribution in [1.29, 1.82) is 5.26 Å². The largest absolute Gasteiger partial charge is 0.472 e. The molecule has 2 heterocycles. The maximum atomic E-state index is 9.25. The molecule has 0 spiro atoms. The zero-order valence-electron chi connectivity index (χ0n) is 14.5. The van der Waals surface area contributed by atoms with Crippen LogP contribution in [0.25, 0.3) is 10.9 Å². The van der Waals surface area contributed by atoms with Crippen LogP contribution in [0.15, 0.2) is 42.6 Å². The molecule has 2 N–H and O–H groups in total. The van der Waals surface area contributed by atoms with Crippen LogP contribution in [0, 0.1) is 17.2 Å². The number of aromatic nitrogens is 3. The fourth-order valence-electron chi connectivity index (χ4n) is 3.54. The van der Waals surface area contributed by atoms with Crippen molar-refractivity contribution < 1.29 is 4.74 Å². The van der Waals surface area contributed by atoms with E-state index in [1.165, 1.54) is 6.42 Å². The maximum Gasteiger partial charge on any atom is 0.227 e. The van der Waals surface area contributed by atoms with Gasteiger partial charge >= 0.3 is 0 Å². The number of benzene rings is 1. The molecule has 0 aliphatic heterocycles. The molecule has 0 saturated heterocycles. The second-order valence-electron chi connectivity index (χ2n) is 6.73. The van der Waals surface area contributed by atoms with Gasteiger partial charge in [-0.3, -0.25) is 4.68 Å². The summed E-state index contributed by atoms with van der Waals surface area (Å²) in [6.45, 7) is 0.418. The Morgan fingerprint density at radius 2 is 2.08 bits per heavy atom. The van der Waals surface area contributed by atoms with E-state index in [9.17, 15) is 5.26 Å². The Bertz CT molecular complexity index is 940. The molecule has 2 aromatic heterocycles. The van der Waals surface area contributed by atoms with Crippen LogP contribution < -0.4 is 10.5 Å². The van der Waals surface area contributed by atoms with E-state index in [-0.39, 0.29) is 6.04 Å². The van der Waals surface area contributed by atoms with E-state index in [4.69, 9.17) is 10.5 Å². The molecule has 6 nitrogen and oxygen atoms in total. The number of rotatable bonds is 6. The summed E-state index contributed by atoms with van der Waals surface area (Å²) < 4.78 is 7.84. The molecule has 0 bridgehead atoms. The smallest absolute Gasteiger partial charge is 0.227 e. The second-order valence-corrected chi connectivity index (χ2v) is 6.73. The Hall–Kier alpha value is -3.07. The molecule has 26 heavy (non-hydrogen) atoms. The van der Waals surface area contributed by atoms with Gasteiger partial charge in [-0.25, -0.2) is 4.98 Å². The van der Waals surface area contributed by atoms with Gasteiger partial charge in [0.15, 0.2) is 5.82 Å². The number of anilines is 1. The molecule has 1 fully saturated rings. The highest BCUT2D eigenvalue weighted by Gasteiger charge is 2.31. The van der Waals surface area contributed by atoms with E-state index in [1.54, 1.807) is 6.20 Å². The highest BCUT2D eigenvalue weighted by Crippen LogP contribution is 2.40. The van der Waals surface area contributed by atoms with Crippen LogP contribution in [0.3, 0.4) is 0 Å². The van der Waals surface area contributed by atoms with Gasteiger partial charge in [-0.1, -0.05) is 36.8 Å². The summed E-state index contributed by atoms with van der Waals surface area (Å²) in [5.41, 5.74) is 8.15. The number of nitrogen functional groups attached to an aromatic ring is 1. The first-order valence-electron chi connectivity index (χ1n) is 8.94. The van der Waals surface area contributed by atoms with Crippen LogP contribution in [0.1, 0.15) is 37.3 Å². The van der Waals surface area contributed by atoms with Gasteiger partial charge in [0.2, 0.25) is 5.88 Å². The van der Waals surface area contributed by atoms with Gasteiger partial charge in [0.25, 0.3) is 0 Å². The zero-order valence-corrected chi connectivity index (χ0v) is 14.5. The maximum absolute atomic E-state index is 9.25. The molecule has 0 amide bonds. The summed E-state index contributed by atoms with van der Waals surface area (Å²) in [7, 11) is 0. The minimum absolute atomic E-state index is 0.0536. The van der Waals surface area contributed by atoms with Crippen molar-refractivity contribution >= 4 is 16.7 Å². The Labute approximate surface area is 152 Å². The summed E-state index contributed by atoms with van der Waals surface area (Å²) in [5, 5.41) is 14.5. The Morgan fingerprint density at radius 3 is 2.77 bits per heavy atom. The van der Waals surface area contributed by atoms with Crippen LogP contribution in [-0.2, 0) is 6.61 Å². The third-order valence-corrected chi connectivity index (χ3v) is 5.14. The van der Waals surface area contributed by atoms with E-state index in [2.05, 4.69) is 16.2 Å². The van der Waals surface area contributed by atoms with E-state index >= 15 is 0 Å². The molecular weight excluding hydrogens is 326 g/mol. The van der Waals surface area contributed by atoms with Crippen LogP contribution >= 0.6 is 0 Å². The Morgan fingerprint density at radius 1 is 1.27 bits per heavy atom. The van der Waals surface area contributed by atoms with Gasteiger partial charge in [0, 0.05) is 6.20 Å². The fraction of sp³-hybridized carbons (Fsp3) is 0.350. The highest BCUT2D eigenvalue weighted by molar-refractivity contribution is 5.93. The van der Waals surface area contributed by atoms with Crippen molar-refractivity contribution in [3.63, 3.8) is 0 Å². The third kappa shape index (κ3) is 2.97. The molecule has 6 heteroatoms. The summed E-state index contributed by atoms with van der Waals surface area (Å²) in [5.74, 6) is 1.37. The summed E-state index contributed by atoms with van der Waals surface area (Å²) in [6, 6.07) is 14.2. The van der Waals surface area contributed by atoms with Crippen LogP contribution in [0.2, 0.25) is 0 Å². The lowest BCUT2D eigenvalue weighted by atomic mass is 9.79. The van der Waals surface area contributed by atoms with E-state index in [0.717, 1.165) is 29.3 Å². The first kappa shape index (κ1) is 16.4. The molecule has 4 rings (SSSR count). The molecule has 1 aliphatic carbocycles. The predicted octanol–water partition coefficient (Wildman–Crippen LogP) is 3.85. The fourth-order valence-corrected chi connectivity index (χ4v) is 3.54. The van der Waals surface area contributed by atoms with Crippen molar-refractivity contribution in [2.45, 2.75) is 38.3 Å². The SMILES string of the molecule is N#CC[C@@H](C1CCC1)n1nc(N)c2c(OCc3ccccc3)nccc21. The van der Waals surface area contributed by atoms with Gasteiger partial charge in [-0.15, -0.1) is 0 Å². The first-order chi connectivity index (χ1) is 12.8. The normalized spacial score (nSPS) is 15.3. The van der Waals surface area contributed by atoms with Gasteiger partial charge in [-0.05, 0) is 30.4 Å².